The highest BCUT2D eigenvalue weighted by Crippen LogP contribution is 2.27. The minimum Gasteiger partial charge on any atom is -0.493 e. The molecule has 4 N–H and O–H groups in total. The van der Waals surface area contributed by atoms with Gasteiger partial charge in [0.05, 0.1) is 34.0 Å². The molecule has 0 bridgehead atoms. The zero-order valence-corrected chi connectivity index (χ0v) is 16.0. The Bertz CT molecular complexity index is 608. The van der Waals surface area contributed by atoms with Gasteiger partial charge in [0.25, 0.3) is 5.91 Å². The number of thiocarbonyl (C=S) groups is 1. The van der Waals surface area contributed by atoms with Gasteiger partial charge in [0.15, 0.2) is 16.6 Å². The van der Waals surface area contributed by atoms with E-state index in [1.54, 1.807) is 30.2 Å². The zero-order chi connectivity index (χ0) is 18.8. The number of hydrogen-bond acceptors (Lipinski definition) is 5. The van der Waals surface area contributed by atoms with Crippen LogP contribution in [0.5, 0.6) is 11.5 Å². The predicted molar refractivity (Wildman–Crippen MR) is 102 cm³/mol. The summed E-state index contributed by atoms with van der Waals surface area (Å²) in [4.78, 5) is 13.7. The number of hydrazine groups is 1. The van der Waals surface area contributed by atoms with Gasteiger partial charge in [-0.2, -0.15) is 0 Å². The third-order valence-corrected chi connectivity index (χ3v) is 4.37. The molecule has 1 amide bonds. The van der Waals surface area contributed by atoms with E-state index >= 15 is 0 Å². The highest BCUT2D eigenvalue weighted by Gasteiger charge is 2.13. The number of rotatable bonds is 7. The van der Waals surface area contributed by atoms with Gasteiger partial charge < -0.3 is 24.4 Å². The minimum absolute atomic E-state index is 0.312. The molecular weight excluding hydrogens is 356 g/mol. The molecule has 9 heteroatoms. The van der Waals surface area contributed by atoms with Crippen LogP contribution >= 0.6 is 12.2 Å². The van der Waals surface area contributed by atoms with Crippen LogP contribution in [0.15, 0.2) is 18.2 Å². The van der Waals surface area contributed by atoms with Gasteiger partial charge in [-0.1, -0.05) is 0 Å². The van der Waals surface area contributed by atoms with Crippen molar-refractivity contribution in [2.75, 3.05) is 53.6 Å². The molecule has 1 aromatic carbocycles. The first kappa shape index (κ1) is 20.2. The van der Waals surface area contributed by atoms with E-state index in [4.69, 9.17) is 26.4 Å². The first-order valence-electron chi connectivity index (χ1n) is 8.61. The minimum atomic E-state index is -0.312. The van der Waals surface area contributed by atoms with Crippen molar-refractivity contribution in [2.24, 2.45) is 0 Å². The fraction of sp³-hybridized carbons (Fsp3) is 0.529. The van der Waals surface area contributed by atoms with Crippen LogP contribution in [0.25, 0.3) is 0 Å². The second-order valence-corrected chi connectivity index (χ2v) is 6.28. The molecule has 1 aromatic rings. The Labute approximate surface area is 159 Å². The molecule has 0 unspecified atom stereocenters. The van der Waals surface area contributed by atoms with Crippen LogP contribution in [-0.4, -0.2) is 64.6 Å². The molecule has 0 saturated carbocycles. The van der Waals surface area contributed by atoms with Crippen molar-refractivity contribution >= 4 is 23.2 Å². The smallest absolute Gasteiger partial charge is 0.269 e. The van der Waals surface area contributed by atoms with Gasteiger partial charge >= 0.3 is 0 Å². The van der Waals surface area contributed by atoms with Gasteiger partial charge in [-0.25, -0.2) is 0 Å². The third-order valence-electron chi connectivity index (χ3n) is 4.13. The highest BCUT2D eigenvalue weighted by molar-refractivity contribution is 7.80. The summed E-state index contributed by atoms with van der Waals surface area (Å²) in [5.41, 5.74) is 5.71. The van der Waals surface area contributed by atoms with Crippen LogP contribution in [0.3, 0.4) is 0 Å². The number of carbonyl (C=O) groups is 1. The van der Waals surface area contributed by atoms with Crippen molar-refractivity contribution in [2.45, 2.75) is 6.42 Å². The quantitative estimate of drug-likeness (QED) is 0.276. The number of methoxy groups -OCH3 is 2. The van der Waals surface area contributed by atoms with E-state index in [0.29, 0.717) is 22.2 Å². The van der Waals surface area contributed by atoms with Gasteiger partial charge in [0.1, 0.15) is 13.1 Å². The van der Waals surface area contributed by atoms with Crippen LogP contribution in [0, 0.1) is 0 Å². The molecule has 0 atom stereocenters. The Hall–Kier alpha value is -2.10. The van der Waals surface area contributed by atoms with Gasteiger partial charge in [-0.15, -0.1) is 0 Å². The fourth-order valence-electron chi connectivity index (χ4n) is 2.66. The average Bonchev–Trinajstić information content (AvgIpc) is 2.69. The SMILES string of the molecule is COc1ccc(C(=O)NNC(=S)NCCC[NH+]2CCOCC2)cc1OC. The van der Waals surface area contributed by atoms with E-state index in [2.05, 4.69) is 16.2 Å². The van der Waals surface area contributed by atoms with Crippen molar-refractivity contribution in [1.82, 2.24) is 16.2 Å². The first-order valence-corrected chi connectivity index (χ1v) is 9.02. The topological polar surface area (TPSA) is 85.3 Å². The standard InChI is InChI=1S/C17H26N4O4S/c1-23-14-5-4-13(12-15(14)24-2)16(22)19-20-17(26)18-6-3-7-21-8-10-25-11-9-21/h4-5,12H,3,6-11H2,1-2H3,(H,19,22)(H2,18,20,26)/p+1. The number of hydrogen-bond donors (Lipinski definition) is 4. The van der Waals surface area contributed by atoms with Crippen LogP contribution in [-0.2, 0) is 4.74 Å². The normalized spacial score (nSPS) is 14.4. The van der Waals surface area contributed by atoms with Gasteiger partial charge in [0, 0.05) is 18.5 Å². The summed E-state index contributed by atoms with van der Waals surface area (Å²) in [7, 11) is 3.07. The molecule has 1 saturated heterocycles. The summed E-state index contributed by atoms with van der Waals surface area (Å²) >= 11 is 5.17. The lowest BCUT2D eigenvalue weighted by Crippen LogP contribution is -3.14. The largest absolute Gasteiger partial charge is 0.493 e. The molecule has 0 aromatic heterocycles. The molecule has 26 heavy (non-hydrogen) atoms. The van der Waals surface area contributed by atoms with Crippen molar-refractivity contribution < 1.29 is 23.9 Å². The molecule has 1 aliphatic rings. The molecular formula is C17H27N4O4S+. The molecule has 1 fully saturated rings. The van der Waals surface area contributed by atoms with E-state index in [9.17, 15) is 4.79 Å². The van der Waals surface area contributed by atoms with Gasteiger partial charge in [0.2, 0.25) is 0 Å². The van der Waals surface area contributed by atoms with E-state index < -0.39 is 0 Å². The summed E-state index contributed by atoms with van der Waals surface area (Å²) in [6.45, 7) is 5.63. The van der Waals surface area contributed by atoms with Crippen molar-refractivity contribution in [3.8, 4) is 11.5 Å². The number of carbonyl (C=O) groups excluding carboxylic acids is 1. The van der Waals surface area contributed by atoms with Gasteiger partial charge in [-0.3, -0.25) is 15.6 Å². The molecule has 0 spiro atoms. The Kier molecular flexibility index (Phi) is 8.39. The number of nitrogens with one attached hydrogen (secondary N) is 4. The first-order chi connectivity index (χ1) is 12.6. The third kappa shape index (κ3) is 6.32. The summed E-state index contributed by atoms with van der Waals surface area (Å²) in [5, 5.41) is 3.47. The molecule has 1 heterocycles. The highest BCUT2D eigenvalue weighted by atomic mass is 32.1. The maximum absolute atomic E-state index is 12.2. The molecule has 0 aliphatic carbocycles. The van der Waals surface area contributed by atoms with Crippen LogP contribution in [0.2, 0.25) is 0 Å². The molecule has 144 valence electrons. The number of morpholine rings is 1. The molecule has 8 nitrogen and oxygen atoms in total. The van der Waals surface area contributed by atoms with Crippen molar-refractivity contribution in [3.05, 3.63) is 23.8 Å². The van der Waals surface area contributed by atoms with E-state index in [-0.39, 0.29) is 5.91 Å². The molecule has 0 radical (unpaired) electrons. The van der Waals surface area contributed by atoms with Crippen LogP contribution in [0.4, 0.5) is 0 Å². The van der Waals surface area contributed by atoms with Crippen molar-refractivity contribution in [3.63, 3.8) is 0 Å². The lowest BCUT2D eigenvalue weighted by atomic mass is 10.2. The number of quaternary nitrogens is 1. The average molecular weight is 383 g/mol. The summed E-state index contributed by atoms with van der Waals surface area (Å²) in [6.07, 6.45) is 1.00. The second-order valence-electron chi connectivity index (χ2n) is 5.87. The van der Waals surface area contributed by atoms with Crippen LogP contribution in [0.1, 0.15) is 16.8 Å². The fourth-order valence-corrected chi connectivity index (χ4v) is 2.81. The maximum Gasteiger partial charge on any atom is 0.269 e. The van der Waals surface area contributed by atoms with E-state index in [1.165, 1.54) is 7.11 Å². The Balaban J connectivity index is 1.67. The lowest BCUT2D eigenvalue weighted by molar-refractivity contribution is -0.908. The zero-order valence-electron chi connectivity index (χ0n) is 15.2. The predicted octanol–water partition coefficient (Wildman–Crippen LogP) is -0.882. The Morgan fingerprint density at radius 2 is 1.92 bits per heavy atom. The Morgan fingerprint density at radius 3 is 2.62 bits per heavy atom. The van der Waals surface area contributed by atoms with E-state index in [0.717, 1.165) is 45.8 Å². The second kappa shape index (κ2) is 10.8. The van der Waals surface area contributed by atoms with E-state index in [1.807, 2.05) is 0 Å². The summed E-state index contributed by atoms with van der Waals surface area (Å²) in [5.74, 6) is 0.746. The van der Waals surface area contributed by atoms with Gasteiger partial charge in [-0.05, 0) is 30.4 Å². The molecule has 2 rings (SSSR count). The lowest BCUT2D eigenvalue weighted by Gasteiger charge is -2.23. The maximum atomic E-state index is 12.2. The number of amides is 1. The number of benzene rings is 1. The molecule has 1 aliphatic heterocycles. The summed E-state index contributed by atoms with van der Waals surface area (Å²) < 4.78 is 15.7. The van der Waals surface area contributed by atoms with Crippen molar-refractivity contribution in [1.29, 1.82) is 0 Å². The Morgan fingerprint density at radius 1 is 1.19 bits per heavy atom. The summed E-state index contributed by atoms with van der Waals surface area (Å²) in [6, 6.07) is 4.94. The number of ether oxygens (including phenoxy) is 3. The van der Waals surface area contributed by atoms with Crippen LogP contribution < -0.4 is 30.5 Å². The monoisotopic (exact) mass is 383 g/mol.